The Labute approximate surface area is 164 Å². The number of anilines is 1. The predicted octanol–water partition coefficient (Wildman–Crippen LogP) is 4.62. The molecule has 3 heterocycles. The molecule has 1 aromatic carbocycles. The number of aromatic nitrogens is 3. The molecule has 1 N–H and O–H groups in total. The van der Waals surface area contributed by atoms with Crippen LogP contribution in [0, 0.1) is 20.8 Å². The first-order chi connectivity index (χ1) is 13.5. The maximum Gasteiger partial charge on any atom is 0.163 e. The number of allylic oxidation sites excluding steroid dienone is 2. The van der Waals surface area contributed by atoms with Crippen LogP contribution in [0.4, 0.5) is 5.82 Å². The molecule has 0 amide bonds. The van der Waals surface area contributed by atoms with E-state index < -0.39 is 0 Å². The number of fused-ring (bicyclic) bond motifs is 1. The number of rotatable bonds is 2. The molecule has 142 valence electrons. The Kier molecular flexibility index (Phi) is 3.79. The second-order valence-corrected chi connectivity index (χ2v) is 7.81. The van der Waals surface area contributed by atoms with Crippen molar-refractivity contribution < 1.29 is 4.79 Å². The molecular formula is C23H24N4O. The molecule has 3 aromatic rings. The van der Waals surface area contributed by atoms with E-state index in [-0.39, 0.29) is 11.8 Å². The summed E-state index contributed by atoms with van der Waals surface area (Å²) in [6.45, 7) is 6.26. The number of Topliss-reactive ketones (excluding diaryl/α,β-unsaturated/α-hetero) is 1. The second kappa shape index (κ2) is 6.23. The lowest BCUT2D eigenvalue weighted by atomic mass is 9.85. The van der Waals surface area contributed by atoms with Gasteiger partial charge >= 0.3 is 0 Å². The van der Waals surface area contributed by atoms with Crippen molar-refractivity contribution in [3.05, 3.63) is 76.4 Å². The second-order valence-electron chi connectivity index (χ2n) is 7.81. The van der Waals surface area contributed by atoms with Crippen LogP contribution in [-0.2, 0) is 4.79 Å². The summed E-state index contributed by atoms with van der Waals surface area (Å²) in [5, 5.41) is 8.22. The summed E-state index contributed by atoms with van der Waals surface area (Å²) >= 11 is 0. The Bertz CT molecular complexity index is 1120. The molecule has 5 nitrogen and oxygen atoms in total. The first-order valence-corrected chi connectivity index (χ1v) is 9.88. The monoisotopic (exact) mass is 372 g/mol. The highest BCUT2D eigenvalue weighted by Gasteiger charge is 2.37. The van der Waals surface area contributed by atoms with E-state index in [4.69, 9.17) is 5.10 Å². The van der Waals surface area contributed by atoms with Gasteiger partial charge in [0.05, 0.1) is 5.69 Å². The van der Waals surface area contributed by atoms with Gasteiger partial charge in [0.2, 0.25) is 0 Å². The Balaban J connectivity index is 1.74. The lowest BCUT2D eigenvalue weighted by Gasteiger charge is -2.33. The molecule has 5 rings (SSSR count). The van der Waals surface area contributed by atoms with Gasteiger partial charge < -0.3 is 9.88 Å². The van der Waals surface area contributed by atoms with Crippen molar-refractivity contribution in [2.45, 2.75) is 46.1 Å². The van der Waals surface area contributed by atoms with Gasteiger partial charge in [-0.15, -0.1) is 0 Å². The fourth-order valence-electron chi connectivity index (χ4n) is 4.72. The van der Waals surface area contributed by atoms with Gasteiger partial charge in [-0.1, -0.05) is 18.2 Å². The van der Waals surface area contributed by atoms with Gasteiger partial charge in [0.25, 0.3) is 0 Å². The van der Waals surface area contributed by atoms with Crippen LogP contribution in [0.2, 0.25) is 0 Å². The van der Waals surface area contributed by atoms with Crippen molar-refractivity contribution in [1.29, 1.82) is 0 Å². The number of benzene rings is 1. The molecule has 2 aromatic heterocycles. The number of nitrogens with zero attached hydrogens (tertiary/aromatic N) is 3. The first-order valence-electron chi connectivity index (χ1n) is 9.88. The smallest absolute Gasteiger partial charge is 0.163 e. The fraction of sp³-hybridized carbons (Fsp3) is 0.304. The quantitative estimate of drug-likeness (QED) is 0.714. The van der Waals surface area contributed by atoms with Gasteiger partial charge in [0, 0.05) is 46.4 Å². The zero-order chi connectivity index (χ0) is 19.4. The number of ketones is 1. The molecule has 1 unspecified atom stereocenters. The average Bonchev–Trinajstić information content (AvgIpc) is 3.19. The van der Waals surface area contributed by atoms with Crippen LogP contribution in [0.1, 0.15) is 47.9 Å². The van der Waals surface area contributed by atoms with Gasteiger partial charge in [-0.3, -0.25) is 4.79 Å². The largest absolute Gasteiger partial charge is 0.343 e. The van der Waals surface area contributed by atoms with E-state index in [1.807, 2.05) is 17.7 Å². The third-order valence-corrected chi connectivity index (χ3v) is 5.89. The Morgan fingerprint density at radius 3 is 2.64 bits per heavy atom. The van der Waals surface area contributed by atoms with E-state index in [1.54, 1.807) is 0 Å². The standard InChI is InChI=1S/C23H24N4O/c1-14-12-21-24-19-10-7-11-20(28)22(19)23(27(21)25-14)18-13-15(2)26(16(18)3)17-8-5-4-6-9-17/h4-6,8-9,12-13,23-24H,7,10-11H2,1-3H3. The first kappa shape index (κ1) is 17.0. The van der Waals surface area contributed by atoms with Gasteiger partial charge in [0.1, 0.15) is 11.9 Å². The number of aryl methyl sites for hydroxylation is 2. The third kappa shape index (κ3) is 2.46. The van der Waals surface area contributed by atoms with Gasteiger partial charge in [0.15, 0.2) is 5.78 Å². The topological polar surface area (TPSA) is 51.9 Å². The summed E-state index contributed by atoms with van der Waals surface area (Å²) < 4.78 is 4.26. The summed E-state index contributed by atoms with van der Waals surface area (Å²) in [6, 6.07) is 14.5. The van der Waals surface area contributed by atoms with Crippen molar-refractivity contribution in [3.63, 3.8) is 0 Å². The zero-order valence-corrected chi connectivity index (χ0v) is 16.5. The number of nitrogens with one attached hydrogen (secondary N) is 1. The highest BCUT2D eigenvalue weighted by Crippen LogP contribution is 2.42. The molecule has 5 heteroatoms. The van der Waals surface area contributed by atoms with Crippen molar-refractivity contribution in [1.82, 2.24) is 14.3 Å². The molecular weight excluding hydrogens is 348 g/mol. The van der Waals surface area contributed by atoms with E-state index in [9.17, 15) is 4.79 Å². The zero-order valence-electron chi connectivity index (χ0n) is 16.5. The number of para-hydroxylation sites is 1. The Morgan fingerprint density at radius 1 is 1.07 bits per heavy atom. The molecule has 0 radical (unpaired) electrons. The van der Waals surface area contributed by atoms with E-state index in [2.05, 4.69) is 60.1 Å². The van der Waals surface area contributed by atoms with Crippen molar-refractivity contribution in [2.75, 3.05) is 5.32 Å². The van der Waals surface area contributed by atoms with E-state index in [1.165, 1.54) is 0 Å². The highest BCUT2D eigenvalue weighted by atomic mass is 16.1. The van der Waals surface area contributed by atoms with Crippen molar-refractivity contribution >= 4 is 11.6 Å². The minimum absolute atomic E-state index is 0.170. The Hall–Kier alpha value is -3.08. The molecule has 1 atom stereocenters. The van der Waals surface area contributed by atoms with Gasteiger partial charge in [-0.05, 0) is 51.8 Å². The summed E-state index contributed by atoms with van der Waals surface area (Å²) in [5.74, 6) is 1.21. The molecule has 0 saturated carbocycles. The highest BCUT2D eigenvalue weighted by molar-refractivity contribution is 5.99. The molecule has 0 fully saturated rings. The normalized spacial score (nSPS) is 18.7. The minimum Gasteiger partial charge on any atom is -0.343 e. The third-order valence-electron chi connectivity index (χ3n) is 5.89. The fourth-order valence-corrected chi connectivity index (χ4v) is 4.72. The predicted molar refractivity (Wildman–Crippen MR) is 110 cm³/mol. The maximum absolute atomic E-state index is 13.0. The Morgan fingerprint density at radius 2 is 1.86 bits per heavy atom. The van der Waals surface area contributed by atoms with Crippen LogP contribution in [-0.4, -0.2) is 20.1 Å². The van der Waals surface area contributed by atoms with Crippen LogP contribution in [0.15, 0.2) is 53.7 Å². The summed E-state index contributed by atoms with van der Waals surface area (Å²) in [5.41, 5.74) is 7.51. The van der Waals surface area contributed by atoms with Crippen molar-refractivity contribution in [3.8, 4) is 5.69 Å². The van der Waals surface area contributed by atoms with Crippen LogP contribution in [0.25, 0.3) is 5.69 Å². The number of carbonyl (C=O) groups excluding carboxylic acids is 1. The number of hydrogen-bond donors (Lipinski definition) is 1. The maximum atomic E-state index is 13.0. The van der Waals surface area contributed by atoms with E-state index >= 15 is 0 Å². The summed E-state index contributed by atoms with van der Waals surface area (Å²) in [4.78, 5) is 13.0. The molecule has 2 aliphatic rings. The van der Waals surface area contributed by atoms with Gasteiger partial charge in [-0.25, -0.2) is 4.68 Å². The lowest BCUT2D eigenvalue weighted by molar-refractivity contribution is -0.116. The molecule has 0 spiro atoms. The van der Waals surface area contributed by atoms with E-state index in [0.717, 1.165) is 58.3 Å². The van der Waals surface area contributed by atoms with Crippen LogP contribution >= 0.6 is 0 Å². The van der Waals surface area contributed by atoms with Crippen LogP contribution in [0.3, 0.4) is 0 Å². The average molecular weight is 372 g/mol. The summed E-state index contributed by atoms with van der Waals surface area (Å²) in [7, 11) is 0. The molecule has 1 aliphatic carbocycles. The molecule has 0 saturated heterocycles. The molecule has 28 heavy (non-hydrogen) atoms. The molecule has 0 bridgehead atoms. The van der Waals surface area contributed by atoms with Crippen molar-refractivity contribution in [2.24, 2.45) is 0 Å². The summed E-state index contributed by atoms with van der Waals surface area (Å²) in [6.07, 6.45) is 2.44. The van der Waals surface area contributed by atoms with Crippen LogP contribution in [0.5, 0.6) is 0 Å². The minimum atomic E-state index is -0.170. The number of hydrogen-bond acceptors (Lipinski definition) is 3. The molecule has 1 aliphatic heterocycles. The van der Waals surface area contributed by atoms with Crippen LogP contribution < -0.4 is 5.32 Å². The van der Waals surface area contributed by atoms with Gasteiger partial charge in [-0.2, -0.15) is 5.10 Å². The SMILES string of the molecule is Cc1cc2n(n1)C(c1cc(C)n(-c3ccccc3)c1C)C1=C(CCCC1=O)N2. The number of carbonyl (C=O) groups is 1. The van der Waals surface area contributed by atoms with E-state index in [0.29, 0.717) is 6.42 Å². The lowest BCUT2D eigenvalue weighted by Crippen LogP contribution is -2.31.